The third-order valence-electron chi connectivity index (χ3n) is 4.47. The quantitative estimate of drug-likeness (QED) is 0.877. The molecule has 3 atom stereocenters. The SMILES string of the molecule is CCC1CCC(NS(=O)(=O)c2cc(CN)sc2C)C1C. The van der Waals surface area contributed by atoms with Gasteiger partial charge < -0.3 is 5.73 Å². The number of hydrogen-bond acceptors (Lipinski definition) is 4. The molecule has 1 aliphatic carbocycles. The van der Waals surface area contributed by atoms with Gasteiger partial charge in [-0.05, 0) is 37.7 Å². The monoisotopic (exact) mass is 316 g/mol. The van der Waals surface area contributed by atoms with Crippen LogP contribution < -0.4 is 10.5 Å². The molecular formula is C14H24N2O2S2. The fourth-order valence-electron chi connectivity index (χ4n) is 3.14. The minimum Gasteiger partial charge on any atom is -0.326 e. The summed E-state index contributed by atoms with van der Waals surface area (Å²) in [5, 5.41) is 0. The van der Waals surface area contributed by atoms with Gasteiger partial charge in [0, 0.05) is 22.3 Å². The first-order valence-electron chi connectivity index (χ1n) is 7.20. The van der Waals surface area contributed by atoms with Crippen LogP contribution in [0.1, 0.15) is 42.9 Å². The molecular weight excluding hydrogens is 292 g/mol. The van der Waals surface area contributed by atoms with E-state index in [0.717, 1.165) is 29.0 Å². The van der Waals surface area contributed by atoms with E-state index >= 15 is 0 Å². The van der Waals surface area contributed by atoms with Crippen molar-refractivity contribution in [1.29, 1.82) is 0 Å². The van der Waals surface area contributed by atoms with Crippen molar-refractivity contribution >= 4 is 21.4 Å². The van der Waals surface area contributed by atoms with Crippen molar-refractivity contribution in [3.8, 4) is 0 Å². The zero-order valence-corrected chi connectivity index (χ0v) is 14.0. The Bertz CT molecular complexity index is 566. The van der Waals surface area contributed by atoms with Crippen LogP contribution in [0.3, 0.4) is 0 Å². The molecule has 0 bridgehead atoms. The normalized spacial score (nSPS) is 27.1. The van der Waals surface area contributed by atoms with E-state index in [4.69, 9.17) is 5.73 Å². The molecule has 1 fully saturated rings. The van der Waals surface area contributed by atoms with Crippen molar-refractivity contribution in [3.63, 3.8) is 0 Å². The topological polar surface area (TPSA) is 72.2 Å². The molecule has 1 aromatic rings. The van der Waals surface area contributed by atoms with Gasteiger partial charge in [-0.1, -0.05) is 20.3 Å². The van der Waals surface area contributed by atoms with E-state index in [1.807, 2.05) is 6.92 Å². The van der Waals surface area contributed by atoms with Crippen molar-refractivity contribution in [1.82, 2.24) is 4.72 Å². The Morgan fingerprint density at radius 1 is 1.45 bits per heavy atom. The molecule has 4 nitrogen and oxygen atoms in total. The van der Waals surface area contributed by atoms with Gasteiger partial charge in [0.15, 0.2) is 0 Å². The summed E-state index contributed by atoms with van der Waals surface area (Å²) in [4.78, 5) is 2.12. The van der Waals surface area contributed by atoms with Crippen molar-refractivity contribution in [2.24, 2.45) is 17.6 Å². The van der Waals surface area contributed by atoms with E-state index in [0.29, 0.717) is 23.3 Å². The van der Waals surface area contributed by atoms with Crippen LogP contribution in [-0.2, 0) is 16.6 Å². The zero-order chi connectivity index (χ0) is 14.9. The number of sulfonamides is 1. The van der Waals surface area contributed by atoms with Crippen LogP contribution in [0.4, 0.5) is 0 Å². The predicted molar refractivity (Wildman–Crippen MR) is 83.2 cm³/mol. The van der Waals surface area contributed by atoms with Crippen LogP contribution in [0, 0.1) is 18.8 Å². The molecule has 0 spiro atoms. The maximum absolute atomic E-state index is 12.5. The molecule has 2 rings (SSSR count). The molecule has 1 saturated carbocycles. The molecule has 1 heterocycles. The minimum atomic E-state index is -3.42. The summed E-state index contributed by atoms with van der Waals surface area (Å²) in [6.45, 7) is 6.55. The van der Waals surface area contributed by atoms with Crippen LogP contribution in [-0.4, -0.2) is 14.5 Å². The first-order chi connectivity index (χ1) is 9.39. The van der Waals surface area contributed by atoms with Crippen molar-refractivity contribution in [3.05, 3.63) is 15.8 Å². The van der Waals surface area contributed by atoms with E-state index in [1.165, 1.54) is 11.3 Å². The molecule has 0 aliphatic heterocycles. The second-order valence-corrected chi connectivity index (χ2v) is 8.69. The second-order valence-electron chi connectivity index (χ2n) is 5.67. The Morgan fingerprint density at radius 2 is 2.15 bits per heavy atom. The molecule has 1 aromatic heterocycles. The standard InChI is InChI=1S/C14H24N2O2S2/c1-4-11-5-6-13(9(11)2)16-20(17,18)14-7-12(8-15)19-10(14)3/h7,9,11,13,16H,4-6,8,15H2,1-3H3. The lowest BCUT2D eigenvalue weighted by atomic mass is 9.94. The van der Waals surface area contributed by atoms with E-state index in [1.54, 1.807) is 6.07 Å². The van der Waals surface area contributed by atoms with Crippen LogP contribution in [0.25, 0.3) is 0 Å². The number of nitrogens with one attached hydrogen (secondary N) is 1. The van der Waals surface area contributed by atoms with Gasteiger partial charge in [-0.25, -0.2) is 13.1 Å². The average molecular weight is 316 g/mol. The van der Waals surface area contributed by atoms with Crippen LogP contribution in [0.5, 0.6) is 0 Å². The highest BCUT2D eigenvalue weighted by atomic mass is 32.2. The maximum atomic E-state index is 12.5. The highest BCUT2D eigenvalue weighted by Crippen LogP contribution is 2.35. The van der Waals surface area contributed by atoms with Crippen LogP contribution in [0.15, 0.2) is 11.0 Å². The summed E-state index contributed by atoms with van der Waals surface area (Å²) >= 11 is 1.46. The lowest BCUT2D eigenvalue weighted by Gasteiger charge is -2.20. The molecule has 6 heteroatoms. The highest BCUT2D eigenvalue weighted by molar-refractivity contribution is 7.89. The Balaban J connectivity index is 2.17. The van der Waals surface area contributed by atoms with Gasteiger partial charge in [-0.2, -0.15) is 0 Å². The number of nitrogens with two attached hydrogens (primary N) is 1. The Labute approximate surface area is 125 Å². The van der Waals surface area contributed by atoms with Gasteiger partial charge in [0.25, 0.3) is 0 Å². The average Bonchev–Trinajstić information content (AvgIpc) is 2.94. The molecule has 0 amide bonds. The van der Waals surface area contributed by atoms with Gasteiger partial charge >= 0.3 is 0 Å². The Kier molecular flexibility index (Phi) is 4.89. The first kappa shape index (κ1) is 15.9. The maximum Gasteiger partial charge on any atom is 0.241 e. The van der Waals surface area contributed by atoms with Crippen molar-refractivity contribution < 1.29 is 8.42 Å². The Morgan fingerprint density at radius 3 is 2.65 bits per heavy atom. The lowest BCUT2D eigenvalue weighted by Crippen LogP contribution is -2.37. The fourth-order valence-corrected chi connectivity index (χ4v) is 6.02. The van der Waals surface area contributed by atoms with E-state index < -0.39 is 10.0 Å². The highest BCUT2D eigenvalue weighted by Gasteiger charge is 2.35. The van der Waals surface area contributed by atoms with Gasteiger partial charge in [-0.3, -0.25) is 0 Å². The van der Waals surface area contributed by atoms with Gasteiger partial charge in [0.1, 0.15) is 0 Å². The largest absolute Gasteiger partial charge is 0.326 e. The van der Waals surface area contributed by atoms with Crippen molar-refractivity contribution in [2.75, 3.05) is 0 Å². The third-order valence-corrected chi connectivity index (χ3v) is 7.29. The number of hydrogen-bond donors (Lipinski definition) is 2. The summed E-state index contributed by atoms with van der Waals surface area (Å²) in [6.07, 6.45) is 3.17. The summed E-state index contributed by atoms with van der Waals surface area (Å²) < 4.78 is 28.0. The molecule has 0 aromatic carbocycles. The second kappa shape index (κ2) is 6.13. The third kappa shape index (κ3) is 3.08. The molecule has 0 radical (unpaired) electrons. The Hall–Kier alpha value is -0.430. The van der Waals surface area contributed by atoms with Crippen molar-refractivity contribution in [2.45, 2.75) is 57.5 Å². The summed E-state index contributed by atoms with van der Waals surface area (Å²) in [5.74, 6) is 1.04. The number of rotatable bonds is 5. The van der Waals surface area contributed by atoms with Crippen LogP contribution in [0.2, 0.25) is 0 Å². The fraction of sp³-hybridized carbons (Fsp3) is 0.714. The van der Waals surface area contributed by atoms with Gasteiger partial charge in [0.2, 0.25) is 10.0 Å². The van der Waals surface area contributed by atoms with E-state index in [-0.39, 0.29) is 6.04 Å². The molecule has 0 saturated heterocycles. The van der Waals surface area contributed by atoms with Crippen LogP contribution >= 0.6 is 11.3 Å². The molecule has 1 aliphatic rings. The van der Waals surface area contributed by atoms with E-state index in [2.05, 4.69) is 18.6 Å². The molecule has 3 unspecified atom stereocenters. The van der Waals surface area contributed by atoms with Gasteiger partial charge in [0.05, 0.1) is 4.90 Å². The van der Waals surface area contributed by atoms with E-state index in [9.17, 15) is 8.42 Å². The minimum absolute atomic E-state index is 0.0607. The van der Waals surface area contributed by atoms with Gasteiger partial charge in [-0.15, -0.1) is 11.3 Å². The first-order valence-corrected chi connectivity index (χ1v) is 9.50. The smallest absolute Gasteiger partial charge is 0.241 e. The summed E-state index contributed by atoms with van der Waals surface area (Å²) in [7, 11) is -3.42. The molecule has 3 N–H and O–H groups in total. The zero-order valence-electron chi connectivity index (χ0n) is 12.3. The number of aryl methyl sites for hydroxylation is 1. The summed E-state index contributed by atoms with van der Waals surface area (Å²) in [5.41, 5.74) is 5.59. The lowest BCUT2D eigenvalue weighted by molar-refractivity contribution is 0.368. The molecule has 114 valence electrons. The summed E-state index contributed by atoms with van der Waals surface area (Å²) in [6, 6.07) is 1.77. The molecule has 20 heavy (non-hydrogen) atoms. The number of thiophene rings is 1. The predicted octanol–water partition coefficient (Wildman–Crippen LogP) is 2.62.